The van der Waals surface area contributed by atoms with Gasteiger partial charge in [0.05, 0.1) is 0 Å². The third kappa shape index (κ3) is 4.00. The van der Waals surface area contributed by atoms with Crippen molar-refractivity contribution in [3.8, 4) is 0 Å². The van der Waals surface area contributed by atoms with Crippen molar-refractivity contribution in [2.45, 2.75) is 17.3 Å². The third-order valence-corrected chi connectivity index (χ3v) is 2.61. The van der Waals surface area contributed by atoms with Gasteiger partial charge in [-0.05, 0) is 12.0 Å². The summed E-state index contributed by atoms with van der Waals surface area (Å²) in [7, 11) is 0. The van der Waals surface area contributed by atoms with Crippen molar-refractivity contribution in [2.24, 2.45) is 5.73 Å². The van der Waals surface area contributed by atoms with E-state index in [-0.39, 0.29) is 12.2 Å². The number of carboxylic acids is 1. The predicted molar refractivity (Wildman–Crippen MR) is 65.6 cm³/mol. The minimum absolute atomic E-state index is 0.203. The zero-order valence-electron chi connectivity index (χ0n) is 8.77. The molecule has 0 bridgehead atoms. The van der Waals surface area contributed by atoms with Gasteiger partial charge < -0.3 is 10.8 Å². The summed E-state index contributed by atoms with van der Waals surface area (Å²) in [5, 5.41) is 8.64. The molecule has 1 rings (SSSR count). The molecule has 1 aromatic carbocycles. The molecule has 0 radical (unpaired) electrons. The van der Waals surface area contributed by atoms with E-state index >= 15 is 0 Å². The first kappa shape index (κ1) is 14.0. The van der Waals surface area contributed by atoms with Gasteiger partial charge in [0.15, 0.2) is 10.6 Å². The molecule has 0 fully saturated rings. The number of hydrogen-bond acceptors (Lipinski definition) is 3. The van der Waals surface area contributed by atoms with Crippen molar-refractivity contribution in [3.63, 3.8) is 0 Å². The lowest BCUT2D eigenvalue weighted by atomic mass is 10.0. The molecule has 0 spiro atoms. The first-order valence-corrected chi connectivity index (χ1v) is 5.69. The molecule has 0 unspecified atom stereocenters. The summed E-state index contributed by atoms with van der Waals surface area (Å²) in [6, 6.07) is 5.40. The van der Waals surface area contributed by atoms with Crippen LogP contribution in [0.5, 0.6) is 0 Å². The number of hydrogen-bond donors (Lipinski definition) is 2. The lowest BCUT2D eigenvalue weighted by Crippen LogP contribution is -2.32. The highest BCUT2D eigenvalue weighted by Gasteiger charge is 2.15. The number of carbonyl (C=O) groups excluding carboxylic acids is 1. The average Bonchev–Trinajstić information content (AvgIpc) is 2.28. The Bertz CT molecular complexity index is 417. The zero-order valence-corrected chi connectivity index (χ0v) is 10.3. The number of Topliss-reactive ketones (excluding diaryl/α,β-unsaturated/α-hetero) is 1. The van der Waals surface area contributed by atoms with E-state index < -0.39 is 16.8 Å². The van der Waals surface area contributed by atoms with Crippen LogP contribution in [0.4, 0.5) is 0 Å². The van der Waals surface area contributed by atoms with Crippen molar-refractivity contribution in [1.29, 1.82) is 0 Å². The standard InChI is InChI=1S/C11H11Cl2NO3/c12-10(13)9(15)7-3-1-6(2-4-7)5-8(14)11(16)17/h1-4,8,10H,5,14H2,(H,16,17)/t8-/m0/s1. The SMILES string of the molecule is N[C@@H](Cc1ccc(C(=O)C(Cl)Cl)cc1)C(=O)O. The minimum atomic E-state index is -1.10. The van der Waals surface area contributed by atoms with Crippen LogP contribution in [0.3, 0.4) is 0 Å². The first-order valence-electron chi connectivity index (χ1n) is 4.81. The highest BCUT2D eigenvalue weighted by Crippen LogP contribution is 2.13. The smallest absolute Gasteiger partial charge is 0.320 e. The molecule has 0 aromatic heterocycles. The number of rotatable bonds is 5. The van der Waals surface area contributed by atoms with Crippen LogP contribution in [-0.4, -0.2) is 27.7 Å². The van der Waals surface area contributed by atoms with Gasteiger partial charge in [0, 0.05) is 5.56 Å². The second-order valence-corrected chi connectivity index (χ2v) is 4.61. The Morgan fingerprint density at radius 3 is 2.18 bits per heavy atom. The van der Waals surface area contributed by atoms with E-state index in [2.05, 4.69) is 0 Å². The largest absolute Gasteiger partial charge is 0.480 e. The van der Waals surface area contributed by atoms with Gasteiger partial charge in [0.2, 0.25) is 0 Å². The Morgan fingerprint density at radius 2 is 1.76 bits per heavy atom. The van der Waals surface area contributed by atoms with Crippen molar-refractivity contribution in [3.05, 3.63) is 35.4 Å². The molecule has 0 saturated heterocycles. The Morgan fingerprint density at radius 1 is 1.24 bits per heavy atom. The number of aliphatic carboxylic acids is 1. The lowest BCUT2D eigenvalue weighted by molar-refractivity contribution is -0.138. The normalized spacial score (nSPS) is 12.5. The van der Waals surface area contributed by atoms with Crippen LogP contribution in [0.1, 0.15) is 15.9 Å². The van der Waals surface area contributed by atoms with Gasteiger partial charge in [-0.2, -0.15) is 0 Å². The molecular weight excluding hydrogens is 265 g/mol. The monoisotopic (exact) mass is 275 g/mol. The van der Waals surface area contributed by atoms with Gasteiger partial charge in [-0.25, -0.2) is 0 Å². The van der Waals surface area contributed by atoms with Crippen LogP contribution in [-0.2, 0) is 11.2 Å². The van der Waals surface area contributed by atoms with E-state index in [1.807, 2.05) is 0 Å². The summed E-state index contributed by atoms with van der Waals surface area (Å²) in [5.41, 5.74) is 6.50. The predicted octanol–water partition coefficient (Wildman–Crippen LogP) is 1.63. The Labute approximate surface area is 108 Å². The molecule has 1 aromatic rings. The van der Waals surface area contributed by atoms with Gasteiger partial charge in [-0.1, -0.05) is 47.5 Å². The van der Waals surface area contributed by atoms with Gasteiger partial charge >= 0.3 is 5.97 Å². The van der Waals surface area contributed by atoms with E-state index in [4.69, 9.17) is 34.0 Å². The summed E-state index contributed by atoms with van der Waals surface area (Å²) < 4.78 is 0. The number of alkyl halides is 2. The summed E-state index contributed by atoms with van der Waals surface area (Å²) >= 11 is 10.9. The fraction of sp³-hybridized carbons (Fsp3) is 0.273. The van der Waals surface area contributed by atoms with E-state index in [0.29, 0.717) is 5.56 Å². The Hall–Kier alpha value is -1.10. The molecule has 0 aliphatic rings. The van der Waals surface area contributed by atoms with Crippen LogP contribution in [0, 0.1) is 0 Å². The molecule has 92 valence electrons. The molecule has 0 saturated carbocycles. The van der Waals surface area contributed by atoms with Crippen LogP contribution in [0.2, 0.25) is 0 Å². The van der Waals surface area contributed by atoms with Crippen molar-refractivity contribution in [1.82, 2.24) is 0 Å². The number of carbonyl (C=O) groups is 2. The van der Waals surface area contributed by atoms with E-state index in [9.17, 15) is 9.59 Å². The Balaban J connectivity index is 2.75. The minimum Gasteiger partial charge on any atom is -0.480 e. The number of benzene rings is 1. The molecular formula is C11H11Cl2NO3. The van der Waals surface area contributed by atoms with E-state index in [1.165, 1.54) is 0 Å². The highest BCUT2D eigenvalue weighted by atomic mass is 35.5. The third-order valence-electron chi connectivity index (χ3n) is 2.21. The fourth-order valence-corrected chi connectivity index (χ4v) is 1.52. The summed E-state index contributed by atoms with van der Waals surface area (Å²) in [5.74, 6) is -1.45. The van der Waals surface area contributed by atoms with Gasteiger partial charge in [0.1, 0.15) is 6.04 Å². The number of carboxylic acid groups (broad SMARTS) is 1. The zero-order chi connectivity index (χ0) is 13.0. The Kier molecular flexibility index (Phi) is 4.93. The summed E-state index contributed by atoms with van der Waals surface area (Å²) in [4.78, 5) is 20.9. The molecule has 1 atom stereocenters. The average molecular weight is 276 g/mol. The fourth-order valence-electron chi connectivity index (χ4n) is 1.27. The van der Waals surface area contributed by atoms with Gasteiger partial charge in [0.25, 0.3) is 0 Å². The molecule has 0 aliphatic heterocycles. The maximum absolute atomic E-state index is 11.4. The maximum atomic E-state index is 11.4. The molecule has 17 heavy (non-hydrogen) atoms. The van der Waals surface area contributed by atoms with E-state index in [0.717, 1.165) is 5.56 Å². The van der Waals surface area contributed by atoms with Crippen LogP contribution < -0.4 is 5.73 Å². The topological polar surface area (TPSA) is 80.4 Å². The summed E-state index contributed by atoms with van der Waals surface area (Å²) in [6.07, 6.45) is 0.203. The number of halogens is 2. The van der Waals surface area contributed by atoms with Crippen molar-refractivity contribution >= 4 is 35.0 Å². The van der Waals surface area contributed by atoms with Crippen molar-refractivity contribution < 1.29 is 14.7 Å². The van der Waals surface area contributed by atoms with Crippen LogP contribution >= 0.6 is 23.2 Å². The maximum Gasteiger partial charge on any atom is 0.320 e. The molecule has 0 amide bonds. The quantitative estimate of drug-likeness (QED) is 0.632. The van der Waals surface area contributed by atoms with Gasteiger partial charge in [-0.3, -0.25) is 9.59 Å². The number of ketones is 1. The lowest BCUT2D eigenvalue weighted by Gasteiger charge is -2.07. The summed E-state index contributed by atoms with van der Waals surface area (Å²) in [6.45, 7) is 0. The van der Waals surface area contributed by atoms with Gasteiger partial charge in [-0.15, -0.1) is 0 Å². The molecule has 3 N–H and O–H groups in total. The second kappa shape index (κ2) is 6.00. The van der Waals surface area contributed by atoms with E-state index in [1.54, 1.807) is 24.3 Å². The van der Waals surface area contributed by atoms with Crippen LogP contribution in [0.15, 0.2) is 24.3 Å². The molecule has 0 heterocycles. The highest BCUT2D eigenvalue weighted by molar-refractivity contribution is 6.55. The second-order valence-electron chi connectivity index (χ2n) is 3.51. The molecule has 4 nitrogen and oxygen atoms in total. The van der Waals surface area contributed by atoms with Crippen molar-refractivity contribution in [2.75, 3.05) is 0 Å². The molecule has 0 aliphatic carbocycles. The first-order chi connectivity index (χ1) is 7.91. The molecule has 6 heteroatoms. The number of nitrogens with two attached hydrogens (primary N) is 1. The van der Waals surface area contributed by atoms with Crippen LogP contribution in [0.25, 0.3) is 0 Å².